The number of ether oxygens (including phenoxy) is 1. The molecule has 0 radical (unpaired) electrons. The Balaban J connectivity index is 0.00000156. The van der Waals surface area contributed by atoms with Crippen molar-refractivity contribution in [2.45, 2.75) is 25.3 Å². The van der Waals surface area contributed by atoms with Crippen LogP contribution in [0.3, 0.4) is 0 Å². The highest BCUT2D eigenvalue weighted by molar-refractivity contribution is 5.85. The number of likely N-dealkylation sites (tertiary alicyclic amines) is 1. The minimum absolute atomic E-state index is 0. The van der Waals surface area contributed by atoms with E-state index in [0.717, 1.165) is 18.2 Å². The number of hydrogen-bond donors (Lipinski definition) is 0. The quantitative estimate of drug-likeness (QED) is 0.833. The summed E-state index contributed by atoms with van der Waals surface area (Å²) in [6.07, 6.45) is 2.47. The number of hydrogen-bond acceptors (Lipinski definition) is 2. The third-order valence-electron chi connectivity index (χ3n) is 5.30. The first kappa shape index (κ1) is 16.4. The first-order valence-corrected chi connectivity index (χ1v) is 8.27. The third-order valence-corrected chi connectivity index (χ3v) is 5.30. The summed E-state index contributed by atoms with van der Waals surface area (Å²) in [4.78, 5) is 2.62. The van der Waals surface area contributed by atoms with E-state index in [4.69, 9.17) is 4.74 Å². The van der Waals surface area contributed by atoms with Gasteiger partial charge in [0.2, 0.25) is 0 Å². The zero-order valence-electron chi connectivity index (χ0n) is 13.6. The smallest absolute Gasteiger partial charge is 0.122 e. The number of benzene rings is 2. The molecule has 0 aromatic heterocycles. The minimum atomic E-state index is 0. The SMILES string of the molecule is COc1cccc2c1[C@H]1CCN(Cc3ccccc3)C[C@H]1C2.Cl. The molecule has 2 nitrogen and oxygen atoms in total. The number of fused-ring (bicyclic) bond motifs is 3. The van der Waals surface area contributed by atoms with Gasteiger partial charge in [0.1, 0.15) is 5.75 Å². The Morgan fingerprint density at radius 2 is 1.91 bits per heavy atom. The van der Waals surface area contributed by atoms with Crippen LogP contribution in [0.2, 0.25) is 0 Å². The number of methoxy groups -OCH3 is 1. The van der Waals surface area contributed by atoms with Gasteiger partial charge in [0.25, 0.3) is 0 Å². The molecule has 1 aliphatic carbocycles. The maximum atomic E-state index is 5.61. The van der Waals surface area contributed by atoms with E-state index in [2.05, 4.69) is 53.4 Å². The molecule has 0 amide bonds. The number of nitrogens with zero attached hydrogens (tertiary/aromatic N) is 1. The van der Waals surface area contributed by atoms with Crippen LogP contribution in [0, 0.1) is 5.92 Å². The van der Waals surface area contributed by atoms with Crippen molar-refractivity contribution in [1.29, 1.82) is 0 Å². The third kappa shape index (κ3) is 3.11. The fourth-order valence-corrected chi connectivity index (χ4v) is 4.33. The average Bonchev–Trinajstić information content (AvgIpc) is 2.93. The highest BCUT2D eigenvalue weighted by Crippen LogP contribution is 2.47. The number of rotatable bonds is 3. The molecular formula is C20H24ClNO. The summed E-state index contributed by atoms with van der Waals surface area (Å²) in [5.74, 6) is 2.54. The second-order valence-electron chi connectivity index (χ2n) is 6.61. The highest BCUT2D eigenvalue weighted by Gasteiger charge is 2.38. The average molecular weight is 330 g/mol. The lowest BCUT2D eigenvalue weighted by Gasteiger charge is -2.35. The van der Waals surface area contributed by atoms with Crippen LogP contribution in [-0.4, -0.2) is 25.1 Å². The van der Waals surface area contributed by atoms with Gasteiger partial charge in [0.15, 0.2) is 0 Å². The van der Waals surface area contributed by atoms with Crippen molar-refractivity contribution >= 4 is 12.4 Å². The van der Waals surface area contributed by atoms with Crippen molar-refractivity contribution in [2.75, 3.05) is 20.2 Å². The van der Waals surface area contributed by atoms with E-state index in [1.165, 1.54) is 42.6 Å². The molecule has 2 aromatic carbocycles. The van der Waals surface area contributed by atoms with Crippen molar-refractivity contribution in [1.82, 2.24) is 4.90 Å². The molecule has 0 saturated carbocycles. The largest absolute Gasteiger partial charge is 0.496 e. The zero-order chi connectivity index (χ0) is 14.9. The summed E-state index contributed by atoms with van der Waals surface area (Å²) in [6, 6.07) is 17.4. The molecule has 122 valence electrons. The molecule has 2 atom stereocenters. The predicted molar refractivity (Wildman–Crippen MR) is 96.5 cm³/mol. The van der Waals surface area contributed by atoms with Gasteiger partial charge in [-0.3, -0.25) is 4.90 Å². The van der Waals surface area contributed by atoms with Crippen LogP contribution in [0.5, 0.6) is 5.75 Å². The van der Waals surface area contributed by atoms with Crippen molar-refractivity contribution in [3.05, 3.63) is 65.2 Å². The molecule has 0 bridgehead atoms. The molecule has 4 rings (SSSR count). The molecule has 23 heavy (non-hydrogen) atoms. The first-order chi connectivity index (χ1) is 10.8. The van der Waals surface area contributed by atoms with E-state index in [0.29, 0.717) is 5.92 Å². The fourth-order valence-electron chi connectivity index (χ4n) is 4.33. The lowest BCUT2D eigenvalue weighted by molar-refractivity contribution is 0.154. The van der Waals surface area contributed by atoms with Crippen LogP contribution in [0.4, 0.5) is 0 Å². The van der Waals surface area contributed by atoms with E-state index in [9.17, 15) is 0 Å². The van der Waals surface area contributed by atoms with Crippen LogP contribution < -0.4 is 4.74 Å². The molecule has 1 fully saturated rings. The summed E-state index contributed by atoms with van der Waals surface area (Å²) >= 11 is 0. The van der Waals surface area contributed by atoms with Gasteiger partial charge in [-0.1, -0.05) is 42.5 Å². The summed E-state index contributed by atoms with van der Waals surface area (Å²) in [5, 5.41) is 0. The Labute approximate surface area is 144 Å². The van der Waals surface area contributed by atoms with Gasteiger partial charge in [0, 0.05) is 18.7 Å². The van der Waals surface area contributed by atoms with Gasteiger partial charge >= 0.3 is 0 Å². The van der Waals surface area contributed by atoms with Gasteiger partial charge in [-0.15, -0.1) is 12.4 Å². The lowest BCUT2D eigenvalue weighted by atomic mass is 9.85. The summed E-state index contributed by atoms with van der Waals surface area (Å²) < 4.78 is 5.61. The molecule has 1 saturated heterocycles. The van der Waals surface area contributed by atoms with Crippen molar-refractivity contribution in [3.63, 3.8) is 0 Å². The molecule has 1 aliphatic heterocycles. The number of piperidine rings is 1. The molecule has 0 N–H and O–H groups in total. The van der Waals surface area contributed by atoms with Crippen molar-refractivity contribution < 1.29 is 4.74 Å². The first-order valence-electron chi connectivity index (χ1n) is 8.27. The summed E-state index contributed by atoms with van der Waals surface area (Å²) in [7, 11) is 1.80. The Morgan fingerprint density at radius 3 is 2.70 bits per heavy atom. The standard InChI is InChI=1S/C20H23NO.ClH/c1-22-19-9-5-8-16-12-17-14-21(11-10-18(17)20(16)19)13-15-6-3-2-4-7-15;/h2-9,17-18H,10-14H2,1H3;1H/t17-,18+;/m1./s1. The Kier molecular flexibility index (Phi) is 4.93. The normalized spacial score (nSPS) is 22.8. The van der Waals surface area contributed by atoms with E-state index >= 15 is 0 Å². The van der Waals surface area contributed by atoms with Gasteiger partial charge in [-0.05, 0) is 48.4 Å². The van der Waals surface area contributed by atoms with Gasteiger partial charge < -0.3 is 4.74 Å². The topological polar surface area (TPSA) is 12.5 Å². The Hall–Kier alpha value is -1.51. The van der Waals surface area contributed by atoms with Crippen LogP contribution in [0.1, 0.15) is 29.0 Å². The van der Waals surface area contributed by atoms with Crippen LogP contribution in [0.15, 0.2) is 48.5 Å². The fraction of sp³-hybridized carbons (Fsp3) is 0.400. The second kappa shape index (κ2) is 6.94. The number of halogens is 1. The molecular weight excluding hydrogens is 306 g/mol. The van der Waals surface area contributed by atoms with E-state index in [1.807, 2.05) is 0 Å². The molecule has 3 heteroatoms. The Bertz CT molecular complexity index is 658. The van der Waals surface area contributed by atoms with E-state index in [-0.39, 0.29) is 12.4 Å². The maximum absolute atomic E-state index is 5.61. The van der Waals surface area contributed by atoms with Crippen molar-refractivity contribution in [2.24, 2.45) is 5.92 Å². The lowest BCUT2D eigenvalue weighted by Crippen LogP contribution is -2.37. The highest BCUT2D eigenvalue weighted by atomic mass is 35.5. The van der Waals surface area contributed by atoms with Crippen LogP contribution in [0.25, 0.3) is 0 Å². The molecule has 2 aliphatic rings. The molecule has 0 spiro atoms. The van der Waals surface area contributed by atoms with Crippen LogP contribution in [-0.2, 0) is 13.0 Å². The molecule has 2 aromatic rings. The Morgan fingerprint density at radius 1 is 1.09 bits per heavy atom. The molecule has 1 heterocycles. The second-order valence-corrected chi connectivity index (χ2v) is 6.61. The van der Waals surface area contributed by atoms with E-state index < -0.39 is 0 Å². The maximum Gasteiger partial charge on any atom is 0.122 e. The summed E-state index contributed by atoms with van der Waals surface area (Å²) in [6.45, 7) is 3.47. The monoisotopic (exact) mass is 329 g/mol. The van der Waals surface area contributed by atoms with Crippen LogP contribution >= 0.6 is 12.4 Å². The zero-order valence-corrected chi connectivity index (χ0v) is 14.4. The minimum Gasteiger partial charge on any atom is -0.496 e. The molecule has 0 unspecified atom stereocenters. The van der Waals surface area contributed by atoms with Gasteiger partial charge in [-0.2, -0.15) is 0 Å². The van der Waals surface area contributed by atoms with Gasteiger partial charge in [-0.25, -0.2) is 0 Å². The summed E-state index contributed by atoms with van der Waals surface area (Å²) in [5.41, 5.74) is 4.43. The van der Waals surface area contributed by atoms with Crippen molar-refractivity contribution in [3.8, 4) is 5.75 Å². The van der Waals surface area contributed by atoms with Gasteiger partial charge in [0.05, 0.1) is 7.11 Å². The predicted octanol–water partition coefficient (Wildman–Crippen LogP) is 4.28. The van der Waals surface area contributed by atoms with E-state index in [1.54, 1.807) is 7.11 Å².